The highest BCUT2D eigenvalue weighted by atomic mass is 35.5. The number of carbonyl (C=O) groups excluding carboxylic acids is 1. The number of carbonyl (C=O) groups is 1. The third-order valence-electron chi connectivity index (χ3n) is 3.65. The van der Waals surface area contributed by atoms with Gasteiger partial charge < -0.3 is 0 Å². The number of benzene rings is 2. The molecule has 0 saturated carbocycles. The normalized spacial score (nSPS) is 18.2. The Balaban J connectivity index is 2.15. The third-order valence-corrected chi connectivity index (χ3v) is 4.49. The summed E-state index contributed by atoms with van der Waals surface area (Å²) in [5.74, 6) is 0.366. The van der Waals surface area contributed by atoms with Crippen LogP contribution in [0.15, 0.2) is 42.5 Å². The van der Waals surface area contributed by atoms with E-state index < -0.39 is 0 Å². The Hall–Kier alpha value is -1.31. The second kappa shape index (κ2) is 4.99. The van der Waals surface area contributed by atoms with E-state index in [0.717, 1.165) is 23.1 Å². The fourth-order valence-electron chi connectivity index (χ4n) is 2.73. The van der Waals surface area contributed by atoms with Crippen LogP contribution in [0.3, 0.4) is 0 Å². The summed E-state index contributed by atoms with van der Waals surface area (Å²) in [5.41, 5.74) is 2.88. The molecular formula is C16H12Cl2O. The Morgan fingerprint density at radius 1 is 0.947 bits per heavy atom. The molecule has 2 aromatic carbocycles. The predicted octanol–water partition coefficient (Wildman–Crippen LogP) is 5.10. The Morgan fingerprint density at radius 2 is 1.68 bits per heavy atom. The van der Waals surface area contributed by atoms with E-state index in [1.165, 1.54) is 0 Å². The lowest BCUT2D eigenvalue weighted by molar-refractivity contribution is 0.0969. The first kappa shape index (κ1) is 12.7. The summed E-state index contributed by atoms with van der Waals surface area (Å²) in [6.45, 7) is 0. The first-order chi connectivity index (χ1) is 9.18. The van der Waals surface area contributed by atoms with Crippen molar-refractivity contribution in [2.24, 2.45) is 0 Å². The van der Waals surface area contributed by atoms with Gasteiger partial charge in [0, 0.05) is 17.9 Å². The molecule has 1 aliphatic carbocycles. The highest BCUT2D eigenvalue weighted by molar-refractivity contribution is 6.42. The Bertz CT molecular complexity index is 649. The van der Waals surface area contributed by atoms with Gasteiger partial charge in [-0.05, 0) is 23.6 Å². The maximum Gasteiger partial charge on any atom is 0.163 e. The van der Waals surface area contributed by atoms with Crippen LogP contribution in [0.1, 0.15) is 40.2 Å². The topological polar surface area (TPSA) is 17.1 Å². The standard InChI is InChI=1S/C16H12Cl2O/c17-14-7-3-6-13(16(14)18)11-8-9-15(19)12-5-2-1-4-10(11)12/h1-7,11H,8-9H2/t11-/m1/s1. The van der Waals surface area contributed by atoms with E-state index in [0.29, 0.717) is 16.5 Å². The van der Waals surface area contributed by atoms with Crippen molar-refractivity contribution in [3.63, 3.8) is 0 Å². The number of halogens is 2. The predicted molar refractivity (Wildman–Crippen MR) is 78.3 cm³/mol. The van der Waals surface area contributed by atoms with Gasteiger partial charge in [0.05, 0.1) is 10.0 Å². The average Bonchev–Trinajstić information content (AvgIpc) is 2.43. The minimum Gasteiger partial charge on any atom is -0.294 e. The van der Waals surface area contributed by atoms with Crippen molar-refractivity contribution >= 4 is 29.0 Å². The molecule has 0 fully saturated rings. The molecule has 3 heteroatoms. The van der Waals surface area contributed by atoms with Gasteiger partial charge in [-0.2, -0.15) is 0 Å². The summed E-state index contributed by atoms with van der Waals surface area (Å²) in [6, 6.07) is 13.4. The molecule has 0 radical (unpaired) electrons. The monoisotopic (exact) mass is 290 g/mol. The van der Waals surface area contributed by atoms with Crippen LogP contribution >= 0.6 is 23.2 Å². The molecule has 0 unspecified atom stereocenters. The van der Waals surface area contributed by atoms with E-state index in [4.69, 9.17) is 23.2 Å². The lowest BCUT2D eigenvalue weighted by atomic mass is 9.78. The highest BCUT2D eigenvalue weighted by Gasteiger charge is 2.27. The van der Waals surface area contributed by atoms with Crippen LogP contribution in [0.25, 0.3) is 0 Å². The van der Waals surface area contributed by atoms with E-state index in [9.17, 15) is 4.79 Å². The molecule has 0 spiro atoms. The van der Waals surface area contributed by atoms with Crippen LogP contribution in [0.4, 0.5) is 0 Å². The summed E-state index contributed by atoms with van der Waals surface area (Å²) in [4.78, 5) is 12.0. The summed E-state index contributed by atoms with van der Waals surface area (Å²) in [7, 11) is 0. The van der Waals surface area contributed by atoms with Gasteiger partial charge in [0.15, 0.2) is 5.78 Å². The van der Waals surface area contributed by atoms with Gasteiger partial charge in [0.25, 0.3) is 0 Å². The van der Waals surface area contributed by atoms with Crippen molar-refractivity contribution in [3.8, 4) is 0 Å². The fourth-order valence-corrected chi connectivity index (χ4v) is 3.17. The number of fused-ring (bicyclic) bond motifs is 1. The average molecular weight is 291 g/mol. The Kier molecular flexibility index (Phi) is 3.34. The molecule has 0 N–H and O–H groups in total. The lowest BCUT2D eigenvalue weighted by Crippen LogP contribution is -2.16. The fraction of sp³-hybridized carbons (Fsp3) is 0.188. The van der Waals surface area contributed by atoms with Crippen molar-refractivity contribution in [1.29, 1.82) is 0 Å². The minimum atomic E-state index is 0.153. The van der Waals surface area contributed by atoms with E-state index >= 15 is 0 Å². The smallest absolute Gasteiger partial charge is 0.163 e. The van der Waals surface area contributed by atoms with Crippen molar-refractivity contribution in [3.05, 3.63) is 69.2 Å². The van der Waals surface area contributed by atoms with Crippen LogP contribution in [0.2, 0.25) is 10.0 Å². The summed E-state index contributed by atoms with van der Waals surface area (Å²) >= 11 is 12.4. The second-order valence-corrected chi connectivity index (χ2v) is 5.53. The number of hydrogen-bond donors (Lipinski definition) is 0. The molecule has 96 valence electrons. The quantitative estimate of drug-likeness (QED) is 0.714. The number of rotatable bonds is 1. The maximum absolute atomic E-state index is 12.0. The van der Waals surface area contributed by atoms with E-state index in [1.54, 1.807) is 6.07 Å². The van der Waals surface area contributed by atoms with E-state index in [-0.39, 0.29) is 11.7 Å². The van der Waals surface area contributed by atoms with Crippen LogP contribution in [0.5, 0.6) is 0 Å². The minimum absolute atomic E-state index is 0.153. The molecule has 0 saturated heterocycles. The summed E-state index contributed by atoms with van der Waals surface area (Å²) in [6.07, 6.45) is 1.35. The van der Waals surface area contributed by atoms with Crippen LogP contribution in [0, 0.1) is 0 Å². The zero-order valence-corrected chi connectivity index (χ0v) is 11.7. The van der Waals surface area contributed by atoms with E-state index in [1.807, 2.05) is 36.4 Å². The highest BCUT2D eigenvalue weighted by Crippen LogP contribution is 2.41. The molecular weight excluding hydrogens is 279 g/mol. The first-order valence-corrected chi connectivity index (χ1v) is 7.00. The van der Waals surface area contributed by atoms with Gasteiger partial charge in [-0.3, -0.25) is 4.79 Å². The summed E-state index contributed by atoms with van der Waals surface area (Å²) in [5, 5.41) is 1.16. The second-order valence-electron chi connectivity index (χ2n) is 4.74. The molecule has 2 aromatic rings. The molecule has 0 bridgehead atoms. The zero-order chi connectivity index (χ0) is 13.4. The molecule has 1 aliphatic rings. The number of Topliss-reactive ketones (excluding diaryl/α,β-unsaturated/α-hetero) is 1. The molecule has 0 aromatic heterocycles. The molecule has 3 rings (SSSR count). The molecule has 0 heterocycles. The summed E-state index contributed by atoms with van der Waals surface area (Å²) < 4.78 is 0. The van der Waals surface area contributed by atoms with Gasteiger partial charge in [0.1, 0.15) is 0 Å². The zero-order valence-electron chi connectivity index (χ0n) is 10.2. The molecule has 1 nitrogen and oxygen atoms in total. The first-order valence-electron chi connectivity index (χ1n) is 6.24. The molecule has 0 amide bonds. The largest absolute Gasteiger partial charge is 0.294 e. The number of ketones is 1. The lowest BCUT2D eigenvalue weighted by Gasteiger charge is -2.26. The van der Waals surface area contributed by atoms with Crippen molar-refractivity contribution < 1.29 is 4.79 Å². The van der Waals surface area contributed by atoms with E-state index in [2.05, 4.69) is 0 Å². The molecule has 19 heavy (non-hydrogen) atoms. The van der Waals surface area contributed by atoms with Crippen molar-refractivity contribution in [2.75, 3.05) is 0 Å². The molecule has 0 aliphatic heterocycles. The maximum atomic E-state index is 12.0. The van der Waals surface area contributed by atoms with Crippen LogP contribution in [-0.4, -0.2) is 5.78 Å². The van der Waals surface area contributed by atoms with Crippen LogP contribution < -0.4 is 0 Å². The Morgan fingerprint density at radius 3 is 2.53 bits per heavy atom. The van der Waals surface area contributed by atoms with Gasteiger partial charge >= 0.3 is 0 Å². The molecule has 1 atom stereocenters. The Labute approximate surface area is 122 Å². The van der Waals surface area contributed by atoms with Gasteiger partial charge in [0.2, 0.25) is 0 Å². The van der Waals surface area contributed by atoms with Crippen molar-refractivity contribution in [2.45, 2.75) is 18.8 Å². The van der Waals surface area contributed by atoms with Gasteiger partial charge in [-0.1, -0.05) is 59.6 Å². The van der Waals surface area contributed by atoms with Gasteiger partial charge in [-0.25, -0.2) is 0 Å². The van der Waals surface area contributed by atoms with Crippen LogP contribution in [-0.2, 0) is 0 Å². The van der Waals surface area contributed by atoms with Crippen molar-refractivity contribution in [1.82, 2.24) is 0 Å². The van der Waals surface area contributed by atoms with Gasteiger partial charge in [-0.15, -0.1) is 0 Å². The third kappa shape index (κ3) is 2.18. The SMILES string of the molecule is O=C1CC[C@@H](c2cccc(Cl)c2Cl)c2ccccc21. The number of hydrogen-bond acceptors (Lipinski definition) is 1.